The molecule has 3 aromatic rings. The molecule has 0 aromatic heterocycles. The third kappa shape index (κ3) is 7.92. The first-order valence-corrected chi connectivity index (χ1v) is 11.7. The van der Waals surface area contributed by atoms with Gasteiger partial charge < -0.3 is 29.6 Å². The van der Waals surface area contributed by atoms with Crippen molar-refractivity contribution < 1.29 is 28.5 Å². The number of nitrogens with two attached hydrogens (primary N) is 1. The van der Waals surface area contributed by atoms with Crippen LogP contribution < -0.4 is 40.8 Å². The van der Waals surface area contributed by atoms with Gasteiger partial charge in [-0.25, -0.2) is 10.6 Å². The summed E-state index contributed by atoms with van der Waals surface area (Å²) >= 11 is 6.63. The van der Waals surface area contributed by atoms with E-state index in [0.29, 0.717) is 5.75 Å². The van der Waals surface area contributed by atoms with Gasteiger partial charge in [0.15, 0.2) is 11.5 Å². The van der Waals surface area contributed by atoms with Gasteiger partial charge in [-0.1, -0.05) is 35.9 Å². The van der Waals surface area contributed by atoms with Gasteiger partial charge in [-0.05, 0) is 47.5 Å². The Hall–Kier alpha value is -4.15. The first-order valence-electron chi connectivity index (χ1n) is 11.3. The predicted octanol–water partition coefficient (Wildman–Crippen LogP) is 3.42. The van der Waals surface area contributed by atoms with Crippen molar-refractivity contribution in [2.45, 2.75) is 13.2 Å². The maximum absolute atomic E-state index is 12.8. The van der Waals surface area contributed by atoms with Gasteiger partial charge in [0, 0.05) is 13.1 Å². The summed E-state index contributed by atoms with van der Waals surface area (Å²) in [4.78, 5) is 23.9. The van der Waals surface area contributed by atoms with Crippen molar-refractivity contribution in [1.29, 1.82) is 0 Å². The van der Waals surface area contributed by atoms with Crippen molar-refractivity contribution in [1.82, 2.24) is 16.1 Å². The number of carbonyl (C=O) groups excluding carboxylic acids is 2. The van der Waals surface area contributed by atoms with E-state index < -0.39 is 11.9 Å². The van der Waals surface area contributed by atoms with Crippen LogP contribution in [-0.2, 0) is 13.2 Å². The van der Waals surface area contributed by atoms with Crippen LogP contribution in [0.3, 0.4) is 0 Å². The number of hydrogen-bond acceptors (Lipinski definition) is 7. The molecule has 0 spiro atoms. The van der Waals surface area contributed by atoms with E-state index in [1.54, 1.807) is 26.4 Å². The van der Waals surface area contributed by atoms with Crippen LogP contribution in [0.4, 0.5) is 4.79 Å². The summed E-state index contributed by atoms with van der Waals surface area (Å²) in [6.07, 6.45) is 0. The molecule has 3 aromatic carbocycles. The van der Waals surface area contributed by atoms with Crippen molar-refractivity contribution >= 4 is 23.5 Å². The van der Waals surface area contributed by atoms with Crippen LogP contribution in [0.2, 0.25) is 5.02 Å². The van der Waals surface area contributed by atoms with Crippen LogP contribution in [0.15, 0.2) is 60.7 Å². The molecule has 0 aliphatic rings. The standard InChI is InChI=1S/C26H29ClN4O6/c1-34-19-7-3-17(4-8-19)15-36-22-12-11-21(25(32)29-13-14-30-26(33)31-28)23(27)24(22)37-16-18-5-9-20(35-2)10-6-18/h3-12H,13-16,28H2,1-2H3,(H,29,32)(H2,30,31,33). The molecule has 3 rings (SSSR count). The Morgan fingerprint density at radius 3 is 1.86 bits per heavy atom. The molecule has 0 saturated heterocycles. The predicted molar refractivity (Wildman–Crippen MR) is 139 cm³/mol. The molecule has 0 aliphatic carbocycles. The van der Waals surface area contributed by atoms with Crippen LogP contribution in [0.1, 0.15) is 21.5 Å². The SMILES string of the molecule is COc1ccc(COc2ccc(C(=O)NCCNC(=O)NN)c(Cl)c2OCc2ccc(OC)cc2)cc1. The molecular formula is C26H29ClN4O6. The Morgan fingerprint density at radius 1 is 0.784 bits per heavy atom. The number of methoxy groups -OCH3 is 2. The molecule has 0 saturated carbocycles. The molecule has 0 heterocycles. The minimum atomic E-state index is -0.556. The van der Waals surface area contributed by atoms with Gasteiger partial charge in [0.1, 0.15) is 24.7 Å². The molecule has 0 bridgehead atoms. The second-order valence-corrected chi connectivity index (χ2v) is 8.06. The topological polar surface area (TPSA) is 133 Å². The normalized spacial score (nSPS) is 10.3. The average molecular weight is 529 g/mol. The number of carbonyl (C=O) groups is 2. The van der Waals surface area contributed by atoms with Crippen molar-refractivity contribution in [3.8, 4) is 23.0 Å². The number of amides is 3. The lowest BCUT2D eigenvalue weighted by Crippen LogP contribution is -2.43. The van der Waals surface area contributed by atoms with Crippen molar-refractivity contribution in [2.75, 3.05) is 27.3 Å². The molecule has 5 N–H and O–H groups in total. The monoisotopic (exact) mass is 528 g/mol. The molecular weight excluding hydrogens is 500 g/mol. The van der Waals surface area contributed by atoms with E-state index in [2.05, 4.69) is 10.6 Å². The maximum atomic E-state index is 12.8. The summed E-state index contributed by atoms with van der Waals surface area (Å²) in [5.41, 5.74) is 3.93. The lowest BCUT2D eigenvalue weighted by molar-refractivity contribution is 0.0953. The zero-order valence-corrected chi connectivity index (χ0v) is 21.3. The molecule has 3 amide bonds. The lowest BCUT2D eigenvalue weighted by Gasteiger charge is -2.17. The number of rotatable bonds is 12. The third-order valence-corrected chi connectivity index (χ3v) is 5.60. The van der Waals surface area contributed by atoms with Crippen molar-refractivity contribution in [2.24, 2.45) is 5.84 Å². The lowest BCUT2D eigenvalue weighted by atomic mass is 10.1. The number of nitrogens with one attached hydrogen (secondary N) is 3. The summed E-state index contributed by atoms with van der Waals surface area (Å²) in [5, 5.41) is 5.27. The minimum absolute atomic E-state index is 0.103. The van der Waals surface area contributed by atoms with Crippen LogP contribution in [0, 0.1) is 0 Å². The highest BCUT2D eigenvalue weighted by molar-refractivity contribution is 6.35. The van der Waals surface area contributed by atoms with Gasteiger partial charge in [0.05, 0.1) is 24.8 Å². The quantitative estimate of drug-likeness (QED) is 0.122. The maximum Gasteiger partial charge on any atom is 0.328 e. The fourth-order valence-corrected chi connectivity index (χ4v) is 3.52. The number of urea groups is 1. The van der Waals surface area contributed by atoms with Gasteiger partial charge in [-0.2, -0.15) is 0 Å². The number of benzene rings is 3. The molecule has 0 atom stereocenters. The van der Waals surface area contributed by atoms with E-state index in [0.717, 1.165) is 22.6 Å². The highest BCUT2D eigenvalue weighted by atomic mass is 35.5. The molecule has 37 heavy (non-hydrogen) atoms. The van der Waals surface area contributed by atoms with E-state index in [9.17, 15) is 9.59 Å². The summed E-state index contributed by atoms with van der Waals surface area (Å²) in [5.74, 6) is 6.66. The number of halogens is 1. The summed E-state index contributed by atoms with van der Waals surface area (Å²) < 4.78 is 22.4. The molecule has 0 unspecified atom stereocenters. The van der Waals surface area contributed by atoms with E-state index in [-0.39, 0.29) is 42.6 Å². The van der Waals surface area contributed by atoms with E-state index >= 15 is 0 Å². The summed E-state index contributed by atoms with van der Waals surface area (Å²) in [7, 11) is 3.20. The van der Waals surface area contributed by atoms with Crippen LogP contribution in [-0.4, -0.2) is 39.2 Å². The van der Waals surface area contributed by atoms with Crippen LogP contribution in [0.25, 0.3) is 0 Å². The zero-order chi connectivity index (χ0) is 26.6. The zero-order valence-electron chi connectivity index (χ0n) is 20.5. The largest absolute Gasteiger partial charge is 0.497 e. The highest BCUT2D eigenvalue weighted by Crippen LogP contribution is 2.39. The minimum Gasteiger partial charge on any atom is -0.497 e. The fraction of sp³-hybridized carbons (Fsp3) is 0.231. The van der Waals surface area contributed by atoms with Crippen molar-refractivity contribution in [3.63, 3.8) is 0 Å². The Morgan fingerprint density at radius 2 is 1.32 bits per heavy atom. The second kappa shape index (κ2) is 13.8. The highest BCUT2D eigenvalue weighted by Gasteiger charge is 2.20. The van der Waals surface area contributed by atoms with Gasteiger partial charge in [0.25, 0.3) is 5.91 Å². The van der Waals surface area contributed by atoms with Gasteiger partial charge in [-0.15, -0.1) is 0 Å². The van der Waals surface area contributed by atoms with Gasteiger partial charge in [0.2, 0.25) is 0 Å². The van der Waals surface area contributed by atoms with Gasteiger partial charge >= 0.3 is 6.03 Å². The second-order valence-electron chi connectivity index (χ2n) is 7.68. The summed E-state index contributed by atoms with van der Waals surface area (Å²) in [6, 6.07) is 17.5. The smallest absolute Gasteiger partial charge is 0.328 e. The van der Waals surface area contributed by atoms with Crippen molar-refractivity contribution in [3.05, 3.63) is 82.4 Å². The van der Waals surface area contributed by atoms with E-state index in [1.807, 2.05) is 54.0 Å². The van der Waals surface area contributed by atoms with Crippen LogP contribution >= 0.6 is 11.6 Å². The average Bonchev–Trinajstić information content (AvgIpc) is 2.93. The molecule has 0 radical (unpaired) electrons. The van der Waals surface area contributed by atoms with E-state index in [1.165, 1.54) is 0 Å². The van der Waals surface area contributed by atoms with Gasteiger partial charge in [-0.3, -0.25) is 10.2 Å². The molecule has 10 nitrogen and oxygen atoms in total. The summed E-state index contributed by atoms with van der Waals surface area (Å²) in [6.45, 7) is 0.780. The Kier molecular flexibility index (Phi) is 10.2. The molecule has 0 aliphatic heterocycles. The Balaban J connectivity index is 1.77. The Bertz CT molecular complexity index is 1190. The number of hydrogen-bond donors (Lipinski definition) is 4. The first-order chi connectivity index (χ1) is 17.9. The third-order valence-electron chi connectivity index (χ3n) is 5.23. The van der Waals surface area contributed by atoms with E-state index in [4.69, 9.17) is 36.4 Å². The molecule has 196 valence electrons. The number of ether oxygens (including phenoxy) is 4. The molecule has 11 heteroatoms. The molecule has 0 fully saturated rings. The fourth-order valence-electron chi connectivity index (χ4n) is 3.22. The van der Waals surface area contributed by atoms with Crippen LogP contribution in [0.5, 0.6) is 23.0 Å². The Labute approximate surface area is 220 Å². The first kappa shape index (κ1) is 27.4. The number of hydrazine groups is 1.